The van der Waals surface area contributed by atoms with Crippen molar-refractivity contribution in [3.63, 3.8) is 0 Å². The smallest absolute Gasteiger partial charge is 0.237 e. The highest BCUT2D eigenvalue weighted by Crippen LogP contribution is 2.17. The molecule has 0 saturated carbocycles. The second kappa shape index (κ2) is 8.89. The molecule has 2 saturated heterocycles. The van der Waals surface area contributed by atoms with Crippen LogP contribution in [-0.4, -0.2) is 71.8 Å². The third-order valence-electron chi connectivity index (χ3n) is 5.46. The highest BCUT2D eigenvalue weighted by Gasteiger charge is 2.33. The molecule has 2 aromatic rings. The van der Waals surface area contributed by atoms with E-state index in [0.29, 0.717) is 13.1 Å². The number of nitrogens with one attached hydrogen (secondary N) is 1. The van der Waals surface area contributed by atoms with Crippen LogP contribution in [0.1, 0.15) is 16.9 Å². The van der Waals surface area contributed by atoms with Crippen LogP contribution in [0.3, 0.4) is 0 Å². The van der Waals surface area contributed by atoms with Crippen LogP contribution in [0.2, 0.25) is 0 Å². The Morgan fingerprint density at radius 2 is 2.04 bits per heavy atom. The summed E-state index contributed by atoms with van der Waals surface area (Å²) >= 11 is 1.77. The SMILES string of the molecule is O=C1NCCN(Cc2ccoc2)[C@@H]1CC(=O)N1CCN(Cc2cccs2)CC1. The molecule has 2 aliphatic heterocycles. The summed E-state index contributed by atoms with van der Waals surface area (Å²) in [5, 5.41) is 5.00. The minimum Gasteiger partial charge on any atom is -0.472 e. The van der Waals surface area contributed by atoms with Crippen LogP contribution in [0.4, 0.5) is 0 Å². The molecule has 2 amide bonds. The van der Waals surface area contributed by atoms with E-state index in [4.69, 9.17) is 4.42 Å². The lowest BCUT2D eigenvalue weighted by Gasteiger charge is -2.38. The van der Waals surface area contributed by atoms with Gasteiger partial charge in [0.25, 0.3) is 0 Å². The van der Waals surface area contributed by atoms with Crippen LogP contribution in [0.5, 0.6) is 0 Å². The highest BCUT2D eigenvalue weighted by atomic mass is 32.1. The summed E-state index contributed by atoms with van der Waals surface area (Å²) in [6.45, 7) is 6.12. The predicted molar refractivity (Wildman–Crippen MR) is 107 cm³/mol. The fourth-order valence-corrected chi connectivity index (χ4v) is 4.61. The molecular weight excluding hydrogens is 376 g/mol. The molecule has 1 N–H and O–H groups in total. The van der Waals surface area contributed by atoms with Crippen molar-refractivity contribution in [3.8, 4) is 0 Å². The zero-order valence-corrected chi connectivity index (χ0v) is 16.7. The Kier molecular flexibility index (Phi) is 6.09. The molecule has 8 heteroatoms. The lowest BCUT2D eigenvalue weighted by Crippen LogP contribution is -2.57. The number of thiophene rings is 1. The molecule has 0 aliphatic carbocycles. The Labute approximate surface area is 168 Å². The van der Waals surface area contributed by atoms with Crippen LogP contribution >= 0.6 is 11.3 Å². The van der Waals surface area contributed by atoms with Gasteiger partial charge in [0, 0.05) is 62.8 Å². The number of nitrogens with zero attached hydrogens (tertiary/aromatic N) is 3. The molecule has 2 aromatic heterocycles. The zero-order chi connectivity index (χ0) is 19.3. The first-order chi connectivity index (χ1) is 13.7. The molecule has 1 atom stereocenters. The van der Waals surface area contributed by atoms with Gasteiger partial charge >= 0.3 is 0 Å². The van der Waals surface area contributed by atoms with E-state index in [2.05, 4.69) is 32.6 Å². The largest absolute Gasteiger partial charge is 0.472 e. The molecule has 0 radical (unpaired) electrons. The van der Waals surface area contributed by atoms with Crippen LogP contribution < -0.4 is 5.32 Å². The Morgan fingerprint density at radius 3 is 2.75 bits per heavy atom. The predicted octanol–water partition coefficient (Wildman–Crippen LogP) is 1.38. The topological polar surface area (TPSA) is 69.0 Å². The van der Waals surface area contributed by atoms with E-state index in [1.54, 1.807) is 23.9 Å². The van der Waals surface area contributed by atoms with Crippen LogP contribution in [0.25, 0.3) is 0 Å². The van der Waals surface area contributed by atoms with Crippen molar-refractivity contribution in [1.82, 2.24) is 20.0 Å². The van der Waals surface area contributed by atoms with Crippen molar-refractivity contribution in [2.45, 2.75) is 25.6 Å². The van der Waals surface area contributed by atoms with E-state index < -0.39 is 6.04 Å². The van der Waals surface area contributed by atoms with Crippen LogP contribution in [0, 0.1) is 0 Å². The molecule has 0 bridgehead atoms. The number of rotatable bonds is 6. The standard InChI is InChI=1S/C20H26N4O3S/c25-19(23-8-6-22(7-9-23)14-17-2-1-11-28-17)12-18-20(26)21-4-5-24(18)13-16-3-10-27-15-16/h1-3,10-11,15,18H,4-9,12-14H2,(H,21,26)/t18-/m1/s1. The summed E-state index contributed by atoms with van der Waals surface area (Å²) in [5.41, 5.74) is 1.02. The number of furan rings is 1. The number of amides is 2. The summed E-state index contributed by atoms with van der Waals surface area (Å²) in [4.78, 5) is 33.0. The maximum Gasteiger partial charge on any atom is 0.237 e. The lowest BCUT2D eigenvalue weighted by molar-refractivity contribution is -0.140. The van der Waals surface area contributed by atoms with E-state index in [1.807, 2.05) is 11.0 Å². The van der Waals surface area contributed by atoms with Gasteiger partial charge in [0.2, 0.25) is 11.8 Å². The fraction of sp³-hybridized carbons (Fsp3) is 0.500. The maximum absolute atomic E-state index is 12.9. The lowest BCUT2D eigenvalue weighted by atomic mass is 10.1. The molecule has 28 heavy (non-hydrogen) atoms. The van der Waals surface area contributed by atoms with Gasteiger partial charge < -0.3 is 14.6 Å². The van der Waals surface area contributed by atoms with Gasteiger partial charge in [-0.05, 0) is 17.5 Å². The first-order valence-electron chi connectivity index (χ1n) is 9.74. The van der Waals surface area contributed by atoms with E-state index in [1.165, 1.54) is 4.88 Å². The zero-order valence-electron chi connectivity index (χ0n) is 15.9. The molecule has 0 spiro atoms. The highest BCUT2D eigenvalue weighted by molar-refractivity contribution is 7.09. The fourth-order valence-electron chi connectivity index (χ4n) is 3.86. The van der Waals surface area contributed by atoms with Gasteiger partial charge in [-0.25, -0.2) is 0 Å². The van der Waals surface area contributed by atoms with E-state index in [0.717, 1.165) is 44.8 Å². The van der Waals surface area contributed by atoms with Crippen molar-refractivity contribution in [2.75, 3.05) is 39.3 Å². The third-order valence-corrected chi connectivity index (χ3v) is 6.32. The van der Waals surface area contributed by atoms with Crippen molar-refractivity contribution in [1.29, 1.82) is 0 Å². The maximum atomic E-state index is 12.9. The normalized spacial score (nSPS) is 21.6. The van der Waals surface area contributed by atoms with Crippen molar-refractivity contribution in [2.24, 2.45) is 0 Å². The summed E-state index contributed by atoms with van der Waals surface area (Å²) in [6, 6.07) is 5.71. The quantitative estimate of drug-likeness (QED) is 0.791. The van der Waals surface area contributed by atoms with Gasteiger partial charge in [0.15, 0.2) is 0 Å². The number of carbonyl (C=O) groups excluding carboxylic acids is 2. The van der Waals surface area contributed by atoms with Gasteiger partial charge in [-0.3, -0.25) is 19.4 Å². The summed E-state index contributed by atoms with van der Waals surface area (Å²) < 4.78 is 5.14. The van der Waals surface area contributed by atoms with Gasteiger partial charge in [-0.15, -0.1) is 11.3 Å². The monoisotopic (exact) mass is 402 g/mol. The first-order valence-corrected chi connectivity index (χ1v) is 10.6. The Bertz CT molecular complexity index is 769. The second-order valence-electron chi connectivity index (χ2n) is 7.35. The molecule has 4 rings (SSSR count). The molecule has 0 unspecified atom stereocenters. The van der Waals surface area contributed by atoms with Gasteiger partial charge in [0.1, 0.15) is 0 Å². The molecule has 7 nitrogen and oxygen atoms in total. The Hall–Kier alpha value is -2.16. The van der Waals surface area contributed by atoms with Gasteiger partial charge in [-0.1, -0.05) is 6.07 Å². The molecule has 2 fully saturated rings. The van der Waals surface area contributed by atoms with E-state index in [9.17, 15) is 9.59 Å². The second-order valence-corrected chi connectivity index (χ2v) is 8.38. The van der Waals surface area contributed by atoms with E-state index in [-0.39, 0.29) is 18.2 Å². The molecule has 0 aromatic carbocycles. The summed E-state index contributed by atoms with van der Waals surface area (Å²) in [6.07, 6.45) is 3.56. The number of hydrogen-bond acceptors (Lipinski definition) is 6. The first kappa shape index (κ1) is 19.2. The van der Waals surface area contributed by atoms with Gasteiger partial charge in [-0.2, -0.15) is 0 Å². The van der Waals surface area contributed by atoms with Crippen LogP contribution in [-0.2, 0) is 22.7 Å². The summed E-state index contributed by atoms with van der Waals surface area (Å²) in [5.74, 6) is 0.00874. The molecular formula is C20H26N4O3S. The molecule has 2 aliphatic rings. The van der Waals surface area contributed by atoms with E-state index >= 15 is 0 Å². The number of carbonyl (C=O) groups is 2. The minimum atomic E-state index is -0.416. The van der Waals surface area contributed by atoms with Crippen LogP contribution in [0.15, 0.2) is 40.5 Å². The van der Waals surface area contributed by atoms with Crippen molar-refractivity contribution >= 4 is 23.2 Å². The average Bonchev–Trinajstić information content (AvgIpc) is 3.39. The third kappa shape index (κ3) is 4.63. The Balaban J connectivity index is 1.31. The molecule has 4 heterocycles. The Morgan fingerprint density at radius 1 is 1.18 bits per heavy atom. The summed E-state index contributed by atoms with van der Waals surface area (Å²) in [7, 11) is 0. The number of piperazine rings is 2. The average molecular weight is 403 g/mol. The van der Waals surface area contributed by atoms with Crippen molar-refractivity contribution < 1.29 is 14.0 Å². The number of hydrogen-bond donors (Lipinski definition) is 1. The van der Waals surface area contributed by atoms with Crippen molar-refractivity contribution in [3.05, 3.63) is 46.5 Å². The molecule has 150 valence electrons. The van der Waals surface area contributed by atoms with Gasteiger partial charge in [0.05, 0.1) is 25.0 Å². The minimum absolute atomic E-state index is 0.0561.